The van der Waals surface area contributed by atoms with Crippen molar-refractivity contribution in [3.63, 3.8) is 0 Å². The van der Waals surface area contributed by atoms with Gasteiger partial charge in [-0.3, -0.25) is 9.52 Å². The van der Waals surface area contributed by atoms with Crippen molar-refractivity contribution >= 4 is 39.1 Å². The Hall–Kier alpha value is -2.96. The third-order valence-corrected chi connectivity index (χ3v) is 9.55. The number of hydrogen-bond donors (Lipinski definition) is 3. The van der Waals surface area contributed by atoms with Gasteiger partial charge in [0.15, 0.2) is 0 Å². The minimum Gasteiger partial charge on any atom is -0.395 e. The molecule has 3 heterocycles. The minimum atomic E-state index is -3.77. The number of ether oxygens (including phenoxy) is 1. The molecule has 2 saturated heterocycles. The summed E-state index contributed by atoms with van der Waals surface area (Å²) >= 11 is 0. The lowest BCUT2D eigenvalue weighted by Gasteiger charge is -2.35. The quantitative estimate of drug-likeness (QED) is 0.458. The number of nitrogens with one attached hydrogen (secondary N) is 2. The molecule has 5 rings (SSSR count). The Morgan fingerprint density at radius 3 is 2.63 bits per heavy atom. The molecule has 3 aliphatic rings. The van der Waals surface area contributed by atoms with E-state index in [9.17, 15) is 18.3 Å². The first-order chi connectivity index (χ1) is 18.2. The van der Waals surface area contributed by atoms with Gasteiger partial charge in [-0.15, -0.1) is 0 Å². The van der Waals surface area contributed by atoms with Crippen LogP contribution < -0.4 is 19.8 Å². The molecule has 1 aromatic heterocycles. The summed E-state index contributed by atoms with van der Waals surface area (Å²) in [6, 6.07) is 6.58. The summed E-state index contributed by atoms with van der Waals surface area (Å²) in [6.07, 6.45) is 6.32. The number of anilines is 4. The van der Waals surface area contributed by atoms with Gasteiger partial charge in [0, 0.05) is 32.4 Å². The first kappa shape index (κ1) is 26.6. The van der Waals surface area contributed by atoms with Crippen molar-refractivity contribution in [3.05, 3.63) is 36.0 Å². The van der Waals surface area contributed by atoms with Crippen LogP contribution in [-0.2, 0) is 14.8 Å². The normalized spacial score (nSPS) is 21.7. The van der Waals surface area contributed by atoms with Crippen LogP contribution in [0.25, 0.3) is 0 Å². The molecule has 3 fully saturated rings. The predicted octanol–water partition coefficient (Wildman–Crippen LogP) is 2.46. The molecule has 2 aliphatic heterocycles. The summed E-state index contributed by atoms with van der Waals surface area (Å²) in [5, 5.41) is 11.3. The second-order valence-corrected chi connectivity index (χ2v) is 12.8. The summed E-state index contributed by atoms with van der Waals surface area (Å²) in [6.45, 7) is 6.50. The van der Waals surface area contributed by atoms with Gasteiger partial charge >= 0.3 is 0 Å². The minimum absolute atomic E-state index is 0.0729. The van der Waals surface area contributed by atoms with Gasteiger partial charge in [-0.05, 0) is 69.2 Å². The van der Waals surface area contributed by atoms with Crippen LogP contribution in [0.1, 0.15) is 49.9 Å². The first-order valence-electron chi connectivity index (χ1n) is 13.2. The zero-order chi connectivity index (χ0) is 26.9. The summed E-state index contributed by atoms with van der Waals surface area (Å²) in [7, 11) is -3.77. The summed E-state index contributed by atoms with van der Waals surface area (Å²) < 4.78 is 33.3. The number of aromatic nitrogens is 2. The summed E-state index contributed by atoms with van der Waals surface area (Å²) in [4.78, 5) is 26.6. The SMILES string of the molecule is CC(CO)S(=O)(=O)Nc1ccc(C(=O)Nc2ccnc(N3CCO[C@H](C)C3)n2)c(N2CCC3(CC2)CC3)c1. The Balaban J connectivity index is 1.39. The maximum atomic E-state index is 13.5. The van der Waals surface area contributed by atoms with Crippen molar-refractivity contribution in [3.8, 4) is 0 Å². The standard InChI is InChI=1S/C26H36N6O5S/c1-18-16-32(13-14-37-18)25-27-10-5-23(29-25)28-24(34)21-4-3-20(30-38(35,36)19(2)17-33)15-22(21)31-11-8-26(6-7-26)9-12-31/h3-5,10,15,18-19,30,33H,6-9,11-14,16-17H2,1-2H3,(H,27,28,29,34)/t18-,19?/m1/s1. The van der Waals surface area contributed by atoms with E-state index in [2.05, 4.69) is 24.9 Å². The van der Waals surface area contributed by atoms with E-state index < -0.39 is 21.9 Å². The van der Waals surface area contributed by atoms with E-state index in [0.717, 1.165) is 25.9 Å². The van der Waals surface area contributed by atoms with E-state index in [1.807, 2.05) is 11.8 Å². The number of amides is 1. The molecule has 11 nitrogen and oxygen atoms in total. The highest BCUT2D eigenvalue weighted by atomic mass is 32.2. The van der Waals surface area contributed by atoms with Crippen molar-refractivity contribution in [2.75, 3.05) is 59.2 Å². The zero-order valence-corrected chi connectivity index (χ0v) is 22.7. The van der Waals surface area contributed by atoms with E-state index in [1.165, 1.54) is 19.8 Å². The molecule has 206 valence electrons. The van der Waals surface area contributed by atoms with E-state index in [4.69, 9.17) is 4.74 Å². The van der Waals surface area contributed by atoms with Crippen LogP contribution in [0, 0.1) is 5.41 Å². The second kappa shape index (κ2) is 10.7. The number of nitrogens with zero attached hydrogens (tertiary/aromatic N) is 4. The highest BCUT2D eigenvalue weighted by Gasteiger charge is 2.44. The highest BCUT2D eigenvalue weighted by Crippen LogP contribution is 2.54. The number of carbonyl (C=O) groups excluding carboxylic acids is 1. The number of aliphatic hydroxyl groups excluding tert-OH is 1. The molecular weight excluding hydrogens is 508 g/mol. The molecule has 2 aromatic rings. The fourth-order valence-electron chi connectivity index (χ4n) is 5.06. The average Bonchev–Trinajstić information content (AvgIpc) is 3.67. The fraction of sp³-hybridized carbons (Fsp3) is 0.577. The molecule has 1 spiro atoms. The molecule has 3 N–H and O–H groups in total. The van der Waals surface area contributed by atoms with Gasteiger partial charge in [-0.25, -0.2) is 13.4 Å². The Morgan fingerprint density at radius 2 is 1.95 bits per heavy atom. The molecule has 1 aromatic carbocycles. The molecule has 1 amide bonds. The predicted molar refractivity (Wildman–Crippen MR) is 146 cm³/mol. The largest absolute Gasteiger partial charge is 0.395 e. The fourth-order valence-corrected chi connectivity index (χ4v) is 5.92. The number of aliphatic hydroxyl groups is 1. The topological polar surface area (TPSA) is 137 Å². The maximum absolute atomic E-state index is 13.5. The number of carbonyl (C=O) groups is 1. The number of morpholine rings is 1. The molecule has 0 radical (unpaired) electrons. The summed E-state index contributed by atoms with van der Waals surface area (Å²) in [5.74, 6) is 0.596. The van der Waals surface area contributed by atoms with Crippen LogP contribution in [0.3, 0.4) is 0 Å². The lowest BCUT2D eigenvalue weighted by Crippen LogP contribution is -2.42. The molecular formula is C26H36N6O5S. The van der Waals surface area contributed by atoms with Crippen LogP contribution in [0.2, 0.25) is 0 Å². The Labute approximate surface area is 223 Å². The van der Waals surface area contributed by atoms with Gasteiger partial charge < -0.3 is 25.0 Å². The molecule has 1 saturated carbocycles. The van der Waals surface area contributed by atoms with Gasteiger partial charge in [0.25, 0.3) is 5.91 Å². The maximum Gasteiger partial charge on any atom is 0.258 e. The van der Waals surface area contributed by atoms with Crippen LogP contribution >= 0.6 is 0 Å². The number of sulfonamides is 1. The Morgan fingerprint density at radius 1 is 1.18 bits per heavy atom. The molecule has 12 heteroatoms. The summed E-state index contributed by atoms with van der Waals surface area (Å²) in [5.41, 5.74) is 1.92. The number of hydrogen-bond acceptors (Lipinski definition) is 9. The van der Waals surface area contributed by atoms with Crippen molar-refractivity contribution in [2.24, 2.45) is 5.41 Å². The third-order valence-electron chi connectivity index (χ3n) is 7.82. The van der Waals surface area contributed by atoms with Crippen molar-refractivity contribution < 1.29 is 23.1 Å². The Bertz CT molecular complexity index is 1270. The van der Waals surface area contributed by atoms with Gasteiger partial charge in [-0.2, -0.15) is 4.98 Å². The average molecular weight is 545 g/mol. The van der Waals surface area contributed by atoms with E-state index >= 15 is 0 Å². The second-order valence-electron chi connectivity index (χ2n) is 10.7. The van der Waals surface area contributed by atoms with Crippen LogP contribution in [-0.4, -0.2) is 80.1 Å². The van der Waals surface area contributed by atoms with Gasteiger partial charge in [0.05, 0.1) is 36.3 Å². The van der Waals surface area contributed by atoms with Crippen molar-refractivity contribution in [2.45, 2.75) is 50.9 Å². The van der Waals surface area contributed by atoms with E-state index in [0.29, 0.717) is 53.8 Å². The lowest BCUT2D eigenvalue weighted by atomic mass is 9.93. The number of piperidine rings is 1. The highest BCUT2D eigenvalue weighted by molar-refractivity contribution is 7.93. The molecule has 1 aliphatic carbocycles. The van der Waals surface area contributed by atoms with Crippen molar-refractivity contribution in [1.29, 1.82) is 0 Å². The van der Waals surface area contributed by atoms with Crippen LogP contribution in [0.15, 0.2) is 30.5 Å². The molecule has 1 unspecified atom stereocenters. The van der Waals surface area contributed by atoms with Crippen LogP contribution in [0.5, 0.6) is 0 Å². The zero-order valence-electron chi connectivity index (χ0n) is 21.9. The van der Waals surface area contributed by atoms with Gasteiger partial charge in [0.2, 0.25) is 16.0 Å². The number of rotatable bonds is 8. The van der Waals surface area contributed by atoms with E-state index in [1.54, 1.807) is 30.5 Å². The Kier molecular flexibility index (Phi) is 7.47. The molecule has 2 atom stereocenters. The third kappa shape index (κ3) is 5.87. The van der Waals surface area contributed by atoms with Crippen molar-refractivity contribution in [1.82, 2.24) is 9.97 Å². The molecule has 0 bridgehead atoms. The smallest absolute Gasteiger partial charge is 0.258 e. The van der Waals surface area contributed by atoms with Crippen LogP contribution in [0.4, 0.5) is 23.1 Å². The van der Waals surface area contributed by atoms with Gasteiger partial charge in [-0.1, -0.05) is 0 Å². The van der Waals surface area contributed by atoms with E-state index in [-0.39, 0.29) is 12.0 Å². The number of benzene rings is 1. The lowest BCUT2D eigenvalue weighted by molar-refractivity contribution is 0.0526. The first-order valence-corrected chi connectivity index (χ1v) is 14.8. The van der Waals surface area contributed by atoms with Gasteiger partial charge in [0.1, 0.15) is 11.1 Å². The monoisotopic (exact) mass is 544 g/mol. The molecule has 38 heavy (non-hydrogen) atoms.